The van der Waals surface area contributed by atoms with Gasteiger partial charge in [-0.25, -0.2) is 4.98 Å². The maximum Gasteiger partial charge on any atom is 0.0948 e. The van der Waals surface area contributed by atoms with Crippen LogP contribution >= 0.6 is 0 Å². The van der Waals surface area contributed by atoms with Gasteiger partial charge in [-0.05, 0) is 25.2 Å². The van der Waals surface area contributed by atoms with E-state index in [2.05, 4.69) is 22.7 Å². The van der Waals surface area contributed by atoms with Crippen molar-refractivity contribution >= 4 is 0 Å². The van der Waals surface area contributed by atoms with Crippen molar-refractivity contribution in [2.75, 3.05) is 0 Å². The summed E-state index contributed by atoms with van der Waals surface area (Å²) in [5.74, 6) is 0.905. The Labute approximate surface area is 67.3 Å². The first kappa shape index (κ1) is 6.89. The van der Waals surface area contributed by atoms with Gasteiger partial charge in [0.15, 0.2) is 0 Å². The topological polar surface area (TPSA) is 17.8 Å². The second-order valence-corrected chi connectivity index (χ2v) is 3.58. The van der Waals surface area contributed by atoms with E-state index in [-0.39, 0.29) is 0 Å². The molecule has 2 atom stereocenters. The average molecular weight is 150 g/mol. The Morgan fingerprint density at radius 3 is 2.91 bits per heavy atom. The lowest BCUT2D eigenvalue weighted by Crippen LogP contribution is -2.01. The third-order valence-electron chi connectivity index (χ3n) is 2.61. The monoisotopic (exact) mass is 150 g/mol. The molecular weight excluding hydrogens is 136 g/mol. The first-order valence-electron chi connectivity index (χ1n) is 4.33. The van der Waals surface area contributed by atoms with Crippen molar-refractivity contribution in [2.24, 2.45) is 5.92 Å². The van der Waals surface area contributed by atoms with E-state index >= 15 is 0 Å². The van der Waals surface area contributed by atoms with Crippen molar-refractivity contribution < 1.29 is 0 Å². The quantitative estimate of drug-likeness (QED) is 0.600. The lowest BCUT2D eigenvalue weighted by molar-refractivity contribution is 0.493. The van der Waals surface area contributed by atoms with Crippen molar-refractivity contribution in [3.63, 3.8) is 0 Å². The predicted molar refractivity (Wildman–Crippen MR) is 44.3 cm³/mol. The Balaban J connectivity index is 2.08. The van der Waals surface area contributed by atoms with E-state index in [0.29, 0.717) is 0 Å². The molecule has 2 nitrogen and oxygen atoms in total. The van der Waals surface area contributed by atoms with Gasteiger partial charge < -0.3 is 4.57 Å². The molecule has 11 heavy (non-hydrogen) atoms. The van der Waals surface area contributed by atoms with Gasteiger partial charge in [0.1, 0.15) is 0 Å². The van der Waals surface area contributed by atoms with Crippen molar-refractivity contribution in [3.05, 3.63) is 18.7 Å². The van der Waals surface area contributed by atoms with Gasteiger partial charge in [-0.15, -0.1) is 0 Å². The van der Waals surface area contributed by atoms with E-state index in [1.807, 2.05) is 12.5 Å². The smallest absolute Gasteiger partial charge is 0.0948 e. The van der Waals surface area contributed by atoms with Crippen LogP contribution in [0.25, 0.3) is 0 Å². The van der Waals surface area contributed by atoms with E-state index in [1.165, 1.54) is 19.3 Å². The van der Waals surface area contributed by atoms with Crippen LogP contribution in [0.15, 0.2) is 18.7 Å². The summed E-state index contributed by atoms with van der Waals surface area (Å²) in [6.07, 6.45) is 9.91. The summed E-state index contributed by atoms with van der Waals surface area (Å²) < 4.78 is 2.24. The van der Waals surface area contributed by atoms with Crippen molar-refractivity contribution in [1.29, 1.82) is 0 Å². The summed E-state index contributed by atoms with van der Waals surface area (Å²) in [5.41, 5.74) is 0. The van der Waals surface area contributed by atoms with Crippen molar-refractivity contribution in [2.45, 2.75) is 32.2 Å². The molecule has 0 aromatic carbocycles. The zero-order chi connectivity index (χ0) is 7.68. The standard InChI is InChI=1S/C9H14N2/c1-8-2-3-9(6-8)11-5-4-10-7-11/h4-5,7-9H,2-3,6H2,1H3/t8-,9-/m0/s1. The van der Waals surface area contributed by atoms with Crippen LogP contribution in [0.3, 0.4) is 0 Å². The van der Waals surface area contributed by atoms with Gasteiger partial charge >= 0.3 is 0 Å². The summed E-state index contributed by atoms with van der Waals surface area (Å²) in [7, 11) is 0. The summed E-state index contributed by atoms with van der Waals surface area (Å²) in [6, 6.07) is 0.729. The molecule has 1 aromatic heterocycles. The van der Waals surface area contributed by atoms with E-state index in [9.17, 15) is 0 Å². The fraction of sp³-hybridized carbons (Fsp3) is 0.667. The van der Waals surface area contributed by atoms with Crippen LogP contribution in [0.5, 0.6) is 0 Å². The van der Waals surface area contributed by atoms with Crippen molar-refractivity contribution in [3.8, 4) is 0 Å². The molecule has 0 radical (unpaired) electrons. The predicted octanol–water partition coefficient (Wildman–Crippen LogP) is 2.24. The van der Waals surface area contributed by atoms with Crippen LogP contribution in [0.1, 0.15) is 32.2 Å². The molecule has 1 aliphatic carbocycles. The molecule has 1 aromatic rings. The second-order valence-electron chi connectivity index (χ2n) is 3.58. The number of nitrogens with zero attached hydrogens (tertiary/aromatic N) is 2. The van der Waals surface area contributed by atoms with Gasteiger partial charge in [-0.1, -0.05) is 6.92 Å². The highest BCUT2D eigenvalue weighted by Crippen LogP contribution is 2.33. The number of hydrogen-bond donors (Lipinski definition) is 0. The molecular formula is C9H14N2. The largest absolute Gasteiger partial charge is 0.334 e. The third kappa shape index (κ3) is 1.30. The van der Waals surface area contributed by atoms with E-state index < -0.39 is 0 Å². The Hall–Kier alpha value is -0.790. The minimum Gasteiger partial charge on any atom is -0.334 e. The minimum absolute atomic E-state index is 0.729. The highest BCUT2D eigenvalue weighted by atomic mass is 15.1. The fourth-order valence-electron chi connectivity index (χ4n) is 1.93. The van der Waals surface area contributed by atoms with Gasteiger partial charge in [-0.2, -0.15) is 0 Å². The first-order chi connectivity index (χ1) is 5.36. The molecule has 0 bridgehead atoms. The van der Waals surface area contributed by atoms with Crippen LogP contribution in [-0.4, -0.2) is 9.55 Å². The van der Waals surface area contributed by atoms with Crippen LogP contribution in [0, 0.1) is 5.92 Å². The average Bonchev–Trinajstić information content (AvgIpc) is 2.55. The Morgan fingerprint density at radius 2 is 2.36 bits per heavy atom. The normalized spacial score (nSPS) is 31.0. The number of aromatic nitrogens is 2. The minimum atomic E-state index is 0.729. The highest BCUT2D eigenvalue weighted by molar-refractivity contribution is 4.84. The molecule has 0 spiro atoms. The zero-order valence-corrected chi connectivity index (χ0v) is 6.90. The van der Waals surface area contributed by atoms with Crippen LogP contribution < -0.4 is 0 Å². The van der Waals surface area contributed by atoms with Crippen LogP contribution in [-0.2, 0) is 0 Å². The number of hydrogen-bond acceptors (Lipinski definition) is 1. The molecule has 0 saturated heterocycles. The molecule has 0 amide bonds. The molecule has 0 N–H and O–H groups in total. The second kappa shape index (κ2) is 2.68. The highest BCUT2D eigenvalue weighted by Gasteiger charge is 2.21. The van der Waals surface area contributed by atoms with Gasteiger partial charge in [0.05, 0.1) is 6.33 Å². The Morgan fingerprint density at radius 1 is 1.45 bits per heavy atom. The maximum absolute atomic E-state index is 4.05. The molecule has 60 valence electrons. The van der Waals surface area contributed by atoms with Gasteiger partial charge in [-0.3, -0.25) is 0 Å². The summed E-state index contributed by atoms with van der Waals surface area (Å²) in [6.45, 7) is 2.33. The van der Waals surface area contributed by atoms with Gasteiger partial charge in [0, 0.05) is 18.4 Å². The molecule has 1 aliphatic rings. The lowest BCUT2D eigenvalue weighted by Gasteiger charge is -2.09. The number of rotatable bonds is 1. The summed E-state index contributed by atoms with van der Waals surface area (Å²) in [4.78, 5) is 4.05. The fourth-order valence-corrected chi connectivity index (χ4v) is 1.93. The molecule has 2 rings (SSSR count). The van der Waals surface area contributed by atoms with Crippen LogP contribution in [0.4, 0.5) is 0 Å². The Kier molecular flexibility index (Phi) is 1.68. The molecule has 0 aliphatic heterocycles. The molecule has 0 unspecified atom stereocenters. The Bertz CT molecular complexity index is 215. The molecule has 1 heterocycles. The van der Waals surface area contributed by atoms with E-state index in [4.69, 9.17) is 0 Å². The van der Waals surface area contributed by atoms with E-state index in [0.717, 1.165) is 12.0 Å². The molecule has 1 saturated carbocycles. The van der Waals surface area contributed by atoms with Gasteiger partial charge in [0.25, 0.3) is 0 Å². The van der Waals surface area contributed by atoms with E-state index in [1.54, 1.807) is 0 Å². The SMILES string of the molecule is C[C@H]1CC[C@H](n2ccnc2)C1. The summed E-state index contributed by atoms with van der Waals surface area (Å²) >= 11 is 0. The maximum atomic E-state index is 4.05. The summed E-state index contributed by atoms with van der Waals surface area (Å²) in [5, 5.41) is 0. The first-order valence-corrected chi connectivity index (χ1v) is 4.33. The van der Waals surface area contributed by atoms with Crippen molar-refractivity contribution in [1.82, 2.24) is 9.55 Å². The lowest BCUT2D eigenvalue weighted by atomic mass is 10.1. The molecule has 2 heteroatoms. The zero-order valence-electron chi connectivity index (χ0n) is 6.90. The van der Waals surface area contributed by atoms with Crippen LogP contribution in [0.2, 0.25) is 0 Å². The number of imidazole rings is 1. The van der Waals surface area contributed by atoms with Gasteiger partial charge in [0.2, 0.25) is 0 Å². The third-order valence-corrected chi connectivity index (χ3v) is 2.61. The molecule has 1 fully saturated rings.